The summed E-state index contributed by atoms with van der Waals surface area (Å²) in [5.41, 5.74) is -0.891. The summed E-state index contributed by atoms with van der Waals surface area (Å²) in [6.45, 7) is 15.8. The first-order chi connectivity index (χ1) is 10.2. The molecule has 0 unspecified atom stereocenters. The molecule has 0 aromatic carbocycles. The standard InChI is InChI=1S/C16H34N4O2.HI/c1-8-16(9-2,20-14(21)22-15(5,6)7)12-19-13(17-10-3)18-11-4;/h8-12H2,1-7H3,(H,20,21)(H2,17,18,19);1H. The molecule has 0 aliphatic rings. The zero-order valence-electron chi connectivity index (χ0n) is 15.7. The number of nitrogens with zero attached hydrogens (tertiary/aromatic N) is 1. The van der Waals surface area contributed by atoms with Crippen molar-refractivity contribution in [2.24, 2.45) is 4.99 Å². The van der Waals surface area contributed by atoms with E-state index in [4.69, 9.17) is 4.74 Å². The molecule has 0 saturated carbocycles. The van der Waals surface area contributed by atoms with Gasteiger partial charge >= 0.3 is 6.09 Å². The van der Waals surface area contributed by atoms with Crippen molar-refractivity contribution in [2.45, 2.75) is 72.4 Å². The first kappa shape index (κ1) is 24.5. The Kier molecular flexibility index (Phi) is 12.5. The summed E-state index contributed by atoms with van der Waals surface area (Å²) < 4.78 is 5.37. The van der Waals surface area contributed by atoms with Gasteiger partial charge in [0.15, 0.2) is 5.96 Å². The highest BCUT2D eigenvalue weighted by Crippen LogP contribution is 2.17. The van der Waals surface area contributed by atoms with Gasteiger partial charge in [-0.15, -0.1) is 24.0 Å². The van der Waals surface area contributed by atoms with E-state index in [-0.39, 0.29) is 30.1 Å². The monoisotopic (exact) mass is 442 g/mol. The topological polar surface area (TPSA) is 74.8 Å². The van der Waals surface area contributed by atoms with Gasteiger partial charge in [0.05, 0.1) is 12.1 Å². The predicted octanol–water partition coefficient (Wildman–Crippen LogP) is 3.26. The van der Waals surface area contributed by atoms with Gasteiger partial charge in [-0.1, -0.05) is 13.8 Å². The van der Waals surface area contributed by atoms with E-state index in [1.807, 2.05) is 34.6 Å². The van der Waals surface area contributed by atoms with Crippen LogP contribution in [0.1, 0.15) is 61.3 Å². The molecule has 0 bridgehead atoms. The molecule has 7 heteroatoms. The normalized spacial score (nSPS) is 11.1. The molecular weight excluding hydrogens is 407 g/mol. The second-order valence-electron chi connectivity index (χ2n) is 6.34. The zero-order valence-corrected chi connectivity index (χ0v) is 18.0. The maximum Gasteiger partial charge on any atom is 0.408 e. The minimum absolute atomic E-state index is 0. The zero-order chi connectivity index (χ0) is 17.2. The molecule has 1 amide bonds. The van der Waals surface area contributed by atoms with Crippen LogP contribution in [0.25, 0.3) is 0 Å². The van der Waals surface area contributed by atoms with Gasteiger partial charge in [0.1, 0.15) is 5.60 Å². The predicted molar refractivity (Wildman–Crippen MR) is 108 cm³/mol. The second-order valence-corrected chi connectivity index (χ2v) is 6.34. The maximum absolute atomic E-state index is 12.1. The van der Waals surface area contributed by atoms with E-state index in [1.54, 1.807) is 0 Å². The second kappa shape index (κ2) is 11.8. The Labute approximate surface area is 158 Å². The lowest BCUT2D eigenvalue weighted by Gasteiger charge is -2.32. The van der Waals surface area contributed by atoms with E-state index < -0.39 is 11.1 Å². The van der Waals surface area contributed by atoms with E-state index >= 15 is 0 Å². The summed E-state index contributed by atoms with van der Waals surface area (Å²) in [5, 5.41) is 9.38. The molecule has 0 atom stereocenters. The fourth-order valence-corrected chi connectivity index (χ4v) is 1.95. The third kappa shape index (κ3) is 10.6. The summed E-state index contributed by atoms with van der Waals surface area (Å²) in [6.07, 6.45) is 1.19. The van der Waals surface area contributed by atoms with Crippen LogP contribution in [0, 0.1) is 0 Å². The molecule has 0 aliphatic heterocycles. The molecule has 6 nitrogen and oxygen atoms in total. The average molecular weight is 442 g/mol. The quantitative estimate of drug-likeness (QED) is 0.322. The average Bonchev–Trinajstić information content (AvgIpc) is 2.41. The molecule has 3 N–H and O–H groups in total. The number of hydrogen-bond acceptors (Lipinski definition) is 3. The van der Waals surface area contributed by atoms with Crippen molar-refractivity contribution < 1.29 is 9.53 Å². The number of nitrogens with one attached hydrogen (secondary N) is 3. The van der Waals surface area contributed by atoms with Crippen LogP contribution in [-0.4, -0.2) is 42.8 Å². The van der Waals surface area contributed by atoms with Crippen LogP contribution in [0.5, 0.6) is 0 Å². The van der Waals surface area contributed by atoms with Gasteiger partial charge in [-0.25, -0.2) is 4.79 Å². The SMILES string of the molecule is CCNC(=NCC(CC)(CC)NC(=O)OC(C)(C)C)NCC.I. The van der Waals surface area contributed by atoms with Crippen LogP contribution in [0.4, 0.5) is 4.79 Å². The lowest BCUT2D eigenvalue weighted by atomic mass is 9.93. The van der Waals surface area contributed by atoms with Gasteiger partial charge in [-0.2, -0.15) is 0 Å². The van der Waals surface area contributed by atoms with Crippen molar-refractivity contribution in [3.05, 3.63) is 0 Å². The Bertz CT molecular complexity index is 356. The summed E-state index contributed by atoms with van der Waals surface area (Å²) >= 11 is 0. The van der Waals surface area contributed by atoms with Crippen LogP contribution in [0.3, 0.4) is 0 Å². The fraction of sp³-hybridized carbons (Fsp3) is 0.875. The van der Waals surface area contributed by atoms with Crippen molar-refractivity contribution >= 4 is 36.0 Å². The van der Waals surface area contributed by atoms with E-state index in [0.29, 0.717) is 6.54 Å². The van der Waals surface area contributed by atoms with Crippen LogP contribution in [-0.2, 0) is 4.74 Å². The van der Waals surface area contributed by atoms with E-state index in [9.17, 15) is 4.79 Å². The number of aliphatic imine (C=N–C) groups is 1. The first-order valence-corrected chi connectivity index (χ1v) is 8.25. The summed E-state index contributed by atoms with van der Waals surface area (Å²) in [7, 11) is 0. The largest absolute Gasteiger partial charge is 0.444 e. The van der Waals surface area contributed by atoms with Crippen molar-refractivity contribution in [3.8, 4) is 0 Å². The Morgan fingerprint density at radius 2 is 1.48 bits per heavy atom. The molecule has 0 aliphatic carbocycles. The Morgan fingerprint density at radius 1 is 1.00 bits per heavy atom. The maximum atomic E-state index is 12.1. The van der Waals surface area contributed by atoms with Crippen molar-refractivity contribution in [3.63, 3.8) is 0 Å². The lowest BCUT2D eigenvalue weighted by Crippen LogP contribution is -2.52. The van der Waals surface area contributed by atoms with Crippen molar-refractivity contribution in [1.82, 2.24) is 16.0 Å². The summed E-state index contributed by atoms with van der Waals surface area (Å²) in [5.74, 6) is 0.766. The third-order valence-electron chi connectivity index (χ3n) is 3.35. The number of rotatable bonds is 7. The van der Waals surface area contributed by atoms with Crippen LogP contribution >= 0.6 is 24.0 Å². The molecule has 0 radical (unpaired) electrons. The number of guanidine groups is 1. The third-order valence-corrected chi connectivity index (χ3v) is 3.35. The first-order valence-electron chi connectivity index (χ1n) is 8.25. The van der Waals surface area contributed by atoms with Gasteiger partial charge in [-0.05, 0) is 47.5 Å². The molecule has 0 aromatic rings. The van der Waals surface area contributed by atoms with Crippen LogP contribution in [0.15, 0.2) is 4.99 Å². The molecule has 0 heterocycles. The smallest absolute Gasteiger partial charge is 0.408 e. The molecule has 0 spiro atoms. The molecule has 0 saturated heterocycles. The molecule has 138 valence electrons. The number of alkyl carbamates (subject to hydrolysis) is 1. The molecule has 23 heavy (non-hydrogen) atoms. The van der Waals surface area contributed by atoms with Gasteiger partial charge in [0.2, 0.25) is 0 Å². The van der Waals surface area contributed by atoms with Crippen LogP contribution in [0.2, 0.25) is 0 Å². The molecular formula is C16H35IN4O2. The number of hydrogen-bond donors (Lipinski definition) is 3. The molecule has 0 rings (SSSR count). The Balaban J connectivity index is 0. The van der Waals surface area contributed by atoms with Gasteiger partial charge in [0, 0.05) is 13.1 Å². The fourth-order valence-electron chi connectivity index (χ4n) is 1.95. The van der Waals surface area contributed by atoms with E-state index in [1.165, 1.54) is 0 Å². The minimum Gasteiger partial charge on any atom is -0.444 e. The number of amides is 1. The number of halogens is 1. The van der Waals surface area contributed by atoms with E-state index in [2.05, 4.69) is 34.8 Å². The van der Waals surface area contributed by atoms with E-state index in [0.717, 1.165) is 31.9 Å². The van der Waals surface area contributed by atoms with Crippen LogP contribution < -0.4 is 16.0 Å². The van der Waals surface area contributed by atoms with Gasteiger partial charge in [-0.3, -0.25) is 4.99 Å². The molecule has 0 fully saturated rings. The lowest BCUT2D eigenvalue weighted by molar-refractivity contribution is 0.0452. The highest BCUT2D eigenvalue weighted by molar-refractivity contribution is 14.0. The minimum atomic E-state index is -0.501. The number of carbonyl (C=O) groups is 1. The molecule has 0 aromatic heterocycles. The summed E-state index contributed by atoms with van der Waals surface area (Å²) in [4.78, 5) is 16.7. The van der Waals surface area contributed by atoms with Crippen molar-refractivity contribution in [1.29, 1.82) is 0 Å². The number of carbonyl (C=O) groups excluding carboxylic acids is 1. The summed E-state index contributed by atoms with van der Waals surface area (Å²) in [6, 6.07) is 0. The van der Waals surface area contributed by atoms with Crippen molar-refractivity contribution in [2.75, 3.05) is 19.6 Å². The van der Waals surface area contributed by atoms with Gasteiger partial charge < -0.3 is 20.7 Å². The Hall–Kier alpha value is -0.730. The highest BCUT2D eigenvalue weighted by atomic mass is 127. The highest BCUT2D eigenvalue weighted by Gasteiger charge is 2.30. The number of ether oxygens (including phenoxy) is 1. The van der Waals surface area contributed by atoms with Gasteiger partial charge in [0.25, 0.3) is 0 Å². The Morgan fingerprint density at radius 3 is 1.83 bits per heavy atom.